The van der Waals surface area contributed by atoms with Crippen LogP contribution in [-0.2, 0) is 20.3 Å². The Kier molecular flexibility index (Phi) is 9.17. The molecule has 0 aromatic rings. The molecule has 2 rings (SSSR count). The third-order valence-electron chi connectivity index (χ3n) is 4.95. The summed E-state index contributed by atoms with van der Waals surface area (Å²) in [5.41, 5.74) is 0. The maximum atomic E-state index is 12.4. The van der Waals surface area contributed by atoms with E-state index in [0.29, 0.717) is 45.1 Å². The number of piperazine rings is 1. The summed E-state index contributed by atoms with van der Waals surface area (Å²) in [5, 5.41) is 3.34. The van der Waals surface area contributed by atoms with Gasteiger partial charge in [0.1, 0.15) is 0 Å². The monoisotopic (exact) mass is 415 g/mol. The van der Waals surface area contributed by atoms with Crippen LogP contribution in [0.5, 0.6) is 0 Å². The summed E-state index contributed by atoms with van der Waals surface area (Å²) in [7, 11) is -0.890. The van der Waals surface area contributed by atoms with Crippen LogP contribution in [0.15, 0.2) is 4.99 Å². The molecular weight excluding hydrogens is 378 g/mol. The molecule has 1 unspecified atom stereocenters. The van der Waals surface area contributed by atoms with Gasteiger partial charge in [0, 0.05) is 67.1 Å². The zero-order chi connectivity index (χ0) is 20.6. The second kappa shape index (κ2) is 11.1. The Morgan fingerprint density at radius 3 is 2.29 bits per heavy atom. The molecule has 2 saturated heterocycles. The van der Waals surface area contributed by atoms with Gasteiger partial charge in [-0.1, -0.05) is 0 Å². The normalized spacial score (nSPS) is 20.9. The van der Waals surface area contributed by atoms with Gasteiger partial charge in [-0.2, -0.15) is 0 Å². The molecule has 0 aromatic carbocycles. The van der Waals surface area contributed by atoms with E-state index >= 15 is 0 Å². The molecule has 9 heteroatoms. The first-order valence-electron chi connectivity index (χ1n) is 10.3. The molecular formula is C19H37N5O3S. The number of nitrogens with zero attached hydrogens (tertiary/aromatic N) is 4. The molecule has 0 radical (unpaired) electrons. The lowest BCUT2D eigenvalue weighted by Gasteiger charge is -2.37. The predicted octanol–water partition coefficient (Wildman–Crippen LogP) is -0.0245. The van der Waals surface area contributed by atoms with Crippen molar-refractivity contribution >= 4 is 22.7 Å². The number of guanidine groups is 1. The van der Waals surface area contributed by atoms with E-state index in [1.807, 2.05) is 25.7 Å². The highest BCUT2D eigenvalue weighted by Gasteiger charge is 2.24. The number of hydrogen-bond acceptors (Lipinski definition) is 5. The summed E-state index contributed by atoms with van der Waals surface area (Å²) < 4.78 is 17.3. The average Bonchev–Trinajstić information content (AvgIpc) is 2.68. The molecule has 28 heavy (non-hydrogen) atoms. The number of nitrogens with one attached hydrogen (secondary N) is 1. The highest BCUT2D eigenvalue weighted by atomic mass is 32.2. The lowest BCUT2D eigenvalue weighted by Crippen LogP contribution is -2.55. The minimum Gasteiger partial charge on any atom is -0.378 e. The second-order valence-electron chi connectivity index (χ2n) is 8.15. The van der Waals surface area contributed by atoms with E-state index in [0.717, 1.165) is 38.7 Å². The van der Waals surface area contributed by atoms with Crippen LogP contribution >= 0.6 is 0 Å². The molecule has 2 heterocycles. The number of morpholine rings is 1. The summed E-state index contributed by atoms with van der Waals surface area (Å²) in [6.45, 7) is 15.9. The number of carbonyl (C=O) groups is 1. The molecule has 2 aliphatic heterocycles. The molecule has 0 saturated carbocycles. The van der Waals surface area contributed by atoms with Crippen molar-refractivity contribution in [2.75, 3.05) is 77.9 Å². The predicted molar refractivity (Wildman–Crippen MR) is 114 cm³/mol. The van der Waals surface area contributed by atoms with Gasteiger partial charge in [-0.05, 0) is 27.7 Å². The summed E-state index contributed by atoms with van der Waals surface area (Å²) in [5.74, 6) is 1.65. The van der Waals surface area contributed by atoms with E-state index in [1.54, 1.807) is 0 Å². The quantitative estimate of drug-likeness (QED) is 0.485. The Morgan fingerprint density at radius 2 is 1.71 bits per heavy atom. The third-order valence-corrected chi connectivity index (χ3v) is 6.87. The molecule has 0 bridgehead atoms. The SMILES string of the molecule is CCNC(=NCCS(=O)C(C)(C)C)N1CCN(CC(=O)N2CCOCC2)CC1. The first-order chi connectivity index (χ1) is 13.3. The standard InChI is InChI=1S/C19H37N5O3S/c1-5-20-18(21-6-15-28(26)19(2,3)4)24-9-7-22(8-10-24)16-17(25)23-11-13-27-14-12-23/h5-16H2,1-4H3,(H,20,21). The van der Waals surface area contributed by atoms with E-state index in [-0.39, 0.29) is 10.7 Å². The molecule has 0 spiro atoms. The van der Waals surface area contributed by atoms with Gasteiger partial charge in [0.2, 0.25) is 5.91 Å². The van der Waals surface area contributed by atoms with E-state index in [1.165, 1.54) is 0 Å². The van der Waals surface area contributed by atoms with Gasteiger partial charge in [0.15, 0.2) is 5.96 Å². The van der Waals surface area contributed by atoms with Crippen LogP contribution in [-0.4, -0.2) is 113 Å². The molecule has 0 aliphatic carbocycles. The van der Waals surface area contributed by atoms with Crippen LogP contribution in [0.25, 0.3) is 0 Å². The molecule has 1 amide bonds. The van der Waals surface area contributed by atoms with Gasteiger partial charge in [-0.3, -0.25) is 18.9 Å². The molecule has 1 atom stereocenters. The Bertz CT molecular complexity index is 550. The largest absolute Gasteiger partial charge is 0.378 e. The molecule has 2 aliphatic rings. The van der Waals surface area contributed by atoms with Gasteiger partial charge < -0.3 is 19.9 Å². The van der Waals surface area contributed by atoms with Crippen LogP contribution in [0.4, 0.5) is 0 Å². The van der Waals surface area contributed by atoms with E-state index in [9.17, 15) is 9.00 Å². The Balaban J connectivity index is 1.80. The second-order valence-corrected chi connectivity index (χ2v) is 10.5. The minimum atomic E-state index is -0.890. The zero-order valence-electron chi connectivity index (χ0n) is 17.9. The Morgan fingerprint density at radius 1 is 1.07 bits per heavy atom. The first kappa shape index (κ1) is 23.1. The average molecular weight is 416 g/mol. The van der Waals surface area contributed by atoms with E-state index in [2.05, 4.69) is 27.0 Å². The number of hydrogen-bond donors (Lipinski definition) is 1. The van der Waals surface area contributed by atoms with Crippen molar-refractivity contribution in [3.8, 4) is 0 Å². The molecule has 0 aromatic heterocycles. The topological polar surface area (TPSA) is 77.5 Å². The van der Waals surface area contributed by atoms with Crippen molar-refractivity contribution in [2.24, 2.45) is 4.99 Å². The van der Waals surface area contributed by atoms with Crippen LogP contribution < -0.4 is 5.32 Å². The first-order valence-corrected chi connectivity index (χ1v) is 11.6. The minimum absolute atomic E-state index is 0.196. The lowest BCUT2D eigenvalue weighted by atomic mass is 10.3. The van der Waals surface area contributed by atoms with Gasteiger partial charge in [-0.15, -0.1) is 0 Å². The fraction of sp³-hybridized carbons (Fsp3) is 0.895. The maximum Gasteiger partial charge on any atom is 0.236 e. The van der Waals surface area contributed by atoms with Crippen LogP contribution in [0.1, 0.15) is 27.7 Å². The number of rotatable bonds is 6. The Labute approximate surface area is 172 Å². The number of carbonyl (C=O) groups excluding carboxylic acids is 1. The summed E-state index contributed by atoms with van der Waals surface area (Å²) >= 11 is 0. The molecule has 162 valence electrons. The molecule has 1 N–H and O–H groups in total. The highest BCUT2D eigenvalue weighted by molar-refractivity contribution is 7.86. The number of ether oxygens (including phenoxy) is 1. The summed E-state index contributed by atoms with van der Waals surface area (Å²) in [6.07, 6.45) is 0. The van der Waals surface area contributed by atoms with Crippen molar-refractivity contribution in [1.82, 2.24) is 20.0 Å². The lowest BCUT2D eigenvalue weighted by molar-refractivity contribution is -0.136. The van der Waals surface area contributed by atoms with Gasteiger partial charge >= 0.3 is 0 Å². The van der Waals surface area contributed by atoms with Crippen molar-refractivity contribution in [1.29, 1.82) is 0 Å². The van der Waals surface area contributed by atoms with Crippen molar-refractivity contribution in [2.45, 2.75) is 32.4 Å². The Hall–Kier alpha value is -1.19. The van der Waals surface area contributed by atoms with Gasteiger partial charge in [0.25, 0.3) is 0 Å². The smallest absolute Gasteiger partial charge is 0.236 e. The molecule has 2 fully saturated rings. The van der Waals surface area contributed by atoms with Crippen molar-refractivity contribution < 1.29 is 13.7 Å². The van der Waals surface area contributed by atoms with Crippen molar-refractivity contribution in [3.63, 3.8) is 0 Å². The fourth-order valence-corrected chi connectivity index (χ4v) is 4.06. The van der Waals surface area contributed by atoms with Crippen LogP contribution in [0.2, 0.25) is 0 Å². The number of aliphatic imine (C=N–C) groups is 1. The maximum absolute atomic E-state index is 12.4. The van der Waals surface area contributed by atoms with E-state index in [4.69, 9.17) is 4.74 Å². The van der Waals surface area contributed by atoms with Crippen LogP contribution in [0.3, 0.4) is 0 Å². The van der Waals surface area contributed by atoms with Crippen LogP contribution in [0, 0.1) is 0 Å². The molecule has 8 nitrogen and oxygen atoms in total. The zero-order valence-corrected chi connectivity index (χ0v) is 18.7. The van der Waals surface area contributed by atoms with Gasteiger partial charge in [-0.25, -0.2) is 0 Å². The fourth-order valence-electron chi connectivity index (χ4n) is 3.19. The highest BCUT2D eigenvalue weighted by Crippen LogP contribution is 2.11. The third kappa shape index (κ3) is 7.33. The van der Waals surface area contributed by atoms with E-state index < -0.39 is 10.8 Å². The van der Waals surface area contributed by atoms with Gasteiger partial charge in [0.05, 0.1) is 26.3 Å². The van der Waals surface area contributed by atoms with Crippen molar-refractivity contribution in [3.05, 3.63) is 0 Å². The summed E-state index contributed by atoms with van der Waals surface area (Å²) in [4.78, 5) is 23.5. The number of amides is 1. The summed E-state index contributed by atoms with van der Waals surface area (Å²) in [6, 6.07) is 0.